The minimum atomic E-state index is -1.01. The summed E-state index contributed by atoms with van der Waals surface area (Å²) < 4.78 is 10.8. The van der Waals surface area contributed by atoms with E-state index in [9.17, 15) is 9.90 Å². The van der Waals surface area contributed by atoms with E-state index in [-0.39, 0.29) is 19.2 Å². The lowest BCUT2D eigenvalue weighted by Crippen LogP contribution is -2.23. The van der Waals surface area contributed by atoms with E-state index < -0.39 is 18.8 Å². The number of ketones is 1. The molecule has 0 aliphatic heterocycles. The van der Waals surface area contributed by atoms with Gasteiger partial charge in [0.15, 0.2) is 5.78 Å². The number of Topliss-reactive ketones (excluding diaryl/α,β-unsaturated/α-hetero) is 1. The molecular formula is C19H22ClNO5. The molecule has 0 aliphatic rings. The van der Waals surface area contributed by atoms with Crippen molar-refractivity contribution in [2.75, 3.05) is 20.0 Å². The Kier molecular flexibility index (Phi) is 8.18. The second kappa shape index (κ2) is 10.4. The Hall–Kier alpha value is -1.80. The van der Waals surface area contributed by atoms with Crippen molar-refractivity contribution in [2.24, 2.45) is 5.73 Å². The summed E-state index contributed by atoms with van der Waals surface area (Å²) in [6, 6.07) is 13.9. The Balaban J connectivity index is 2.19. The summed E-state index contributed by atoms with van der Waals surface area (Å²) >= 11 is 6.23. The van der Waals surface area contributed by atoms with Crippen molar-refractivity contribution in [1.82, 2.24) is 0 Å². The standard InChI is InChI=1S/C19H22ClNO5/c20-17-7-2-1-6-16(17)19(26-12-25-11-15(23)10-22)18(24)14-5-3-4-13(8-14)9-21/h1-8,15,19,22-23H,9-12,21H2. The lowest BCUT2D eigenvalue weighted by Gasteiger charge is -2.19. The minimum Gasteiger partial charge on any atom is -0.394 e. The van der Waals surface area contributed by atoms with Crippen LogP contribution in [0, 0.1) is 0 Å². The zero-order valence-electron chi connectivity index (χ0n) is 14.2. The van der Waals surface area contributed by atoms with Crippen LogP contribution in [0.25, 0.3) is 0 Å². The normalized spacial score (nSPS) is 13.4. The minimum absolute atomic E-state index is 0.109. The van der Waals surface area contributed by atoms with Gasteiger partial charge >= 0.3 is 0 Å². The highest BCUT2D eigenvalue weighted by molar-refractivity contribution is 6.31. The first kappa shape index (κ1) is 20.5. The number of rotatable bonds is 10. The maximum atomic E-state index is 13.0. The summed E-state index contributed by atoms with van der Waals surface area (Å²) in [7, 11) is 0. The van der Waals surface area contributed by atoms with E-state index in [1.165, 1.54) is 0 Å². The van der Waals surface area contributed by atoms with Crippen LogP contribution in [-0.4, -0.2) is 42.1 Å². The number of carbonyl (C=O) groups is 1. The summed E-state index contributed by atoms with van der Waals surface area (Å²) in [6.07, 6.45) is -1.97. The van der Waals surface area contributed by atoms with Crippen molar-refractivity contribution in [2.45, 2.75) is 18.8 Å². The average molecular weight is 380 g/mol. The molecule has 4 N–H and O–H groups in total. The molecule has 0 radical (unpaired) electrons. The number of benzene rings is 2. The molecule has 0 bridgehead atoms. The first-order valence-corrected chi connectivity index (χ1v) is 8.50. The van der Waals surface area contributed by atoms with E-state index in [0.29, 0.717) is 22.7 Å². The monoisotopic (exact) mass is 379 g/mol. The van der Waals surface area contributed by atoms with Crippen molar-refractivity contribution in [3.8, 4) is 0 Å². The number of ether oxygens (including phenoxy) is 2. The van der Waals surface area contributed by atoms with Gasteiger partial charge in [-0.05, 0) is 17.7 Å². The van der Waals surface area contributed by atoms with Crippen LogP contribution in [0.5, 0.6) is 0 Å². The molecule has 2 unspecified atom stereocenters. The highest BCUT2D eigenvalue weighted by Crippen LogP contribution is 2.29. The van der Waals surface area contributed by atoms with Crippen molar-refractivity contribution >= 4 is 17.4 Å². The van der Waals surface area contributed by atoms with Crippen molar-refractivity contribution < 1.29 is 24.5 Å². The van der Waals surface area contributed by atoms with Crippen LogP contribution in [0.2, 0.25) is 5.02 Å². The number of carbonyl (C=O) groups excluding carboxylic acids is 1. The van der Waals surface area contributed by atoms with Gasteiger partial charge in [-0.25, -0.2) is 0 Å². The van der Waals surface area contributed by atoms with Crippen molar-refractivity contribution in [3.05, 3.63) is 70.2 Å². The van der Waals surface area contributed by atoms with Crippen molar-refractivity contribution in [3.63, 3.8) is 0 Å². The quantitative estimate of drug-likeness (QED) is 0.332. The Morgan fingerprint density at radius 2 is 1.96 bits per heavy atom. The number of aliphatic hydroxyl groups excluding tert-OH is 2. The number of hydrogen-bond donors (Lipinski definition) is 3. The molecule has 0 saturated carbocycles. The van der Waals surface area contributed by atoms with Gasteiger partial charge in [0.1, 0.15) is 19.0 Å². The third-order valence-corrected chi connectivity index (χ3v) is 4.06. The van der Waals surface area contributed by atoms with Gasteiger partial charge in [0.25, 0.3) is 0 Å². The molecule has 2 aromatic rings. The Morgan fingerprint density at radius 3 is 2.65 bits per heavy atom. The molecular weight excluding hydrogens is 358 g/mol. The lowest BCUT2D eigenvalue weighted by molar-refractivity contribution is -0.103. The molecule has 7 heteroatoms. The smallest absolute Gasteiger partial charge is 0.196 e. The third kappa shape index (κ3) is 5.60. The van der Waals surface area contributed by atoms with E-state index in [2.05, 4.69) is 0 Å². The maximum absolute atomic E-state index is 13.0. The van der Waals surface area contributed by atoms with E-state index in [1.54, 1.807) is 42.5 Å². The van der Waals surface area contributed by atoms with Gasteiger partial charge in [-0.15, -0.1) is 0 Å². The highest BCUT2D eigenvalue weighted by Gasteiger charge is 2.25. The molecule has 2 atom stereocenters. The van der Waals surface area contributed by atoms with E-state index in [1.807, 2.05) is 6.07 Å². The highest BCUT2D eigenvalue weighted by atomic mass is 35.5. The fourth-order valence-electron chi connectivity index (χ4n) is 2.35. The van der Waals surface area contributed by atoms with E-state index in [4.69, 9.17) is 31.9 Å². The molecule has 26 heavy (non-hydrogen) atoms. The van der Waals surface area contributed by atoms with Crippen LogP contribution in [0.4, 0.5) is 0 Å². The van der Waals surface area contributed by atoms with Crippen molar-refractivity contribution in [1.29, 1.82) is 0 Å². The topological polar surface area (TPSA) is 102 Å². The Morgan fingerprint density at radius 1 is 1.19 bits per heavy atom. The van der Waals surface area contributed by atoms with Gasteiger partial charge in [0, 0.05) is 22.7 Å². The van der Waals surface area contributed by atoms with Gasteiger partial charge in [-0.2, -0.15) is 0 Å². The molecule has 0 aliphatic carbocycles. The van der Waals surface area contributed by atoms with Gasteiger partial charge in [-0.1, -0.05) is 48.0 Å². The third-order valence-electron chi connectivity index (χ3n) is 3.71. The van der Waals surface area contributed by atoms with Crippen LogP contribution in [0.15, 0.2) is 48.5 Å². The van der Waals surface area contributed by atoms with Crippen LogP contribution >= 0.6 is 11.6 Å². The first-order valence-electron chi connectivity index (χ1n) is 8.12. The van der Waals surface area contributed by atoms with Crippen LogP contribution in [0.3, 0.4) is 0 Å². The Labute approximate surface area is 157 Å². The predicted octanol–water partition coefficient (Wildman–Crippen LogP) is 2.07. The van der Waals surface area contributed by atoms with Gasteiger partial charge in [0.2, 0.25) is 0 Å². The van der Waals surface area contributed by atoms with E-state index >= 15 is 0 Å². The summed E-state index contributed by atoms with van der Waals surface area (Å²) in [5.41, 5.74) is 7.44. The second-order valence-electron chi connectivity index (χ2n) is 5.66. The lowest BCUT2D eigenvalue weighted by atomic mass is 9.98. The fraction of sp³-hybridized carbons (Fsp3) is 0.316. The molecule has 0 saturated heterocycles. The molecule has 140 valence electrons. The SMILES string of the molecule is NCc1cccc(C(=O)C(OCOCC(O)CO)c2ccccc2Cl)c1. The number of nitrogens with two attached hydrogens (primary N) is 1. The number of aliphatic hydroxyl groups is 2. The van der Waals surface area contributed by atoms with Crippen LogP contribution < -0.4 is 5.73 Å². The van der Waals surface area contributed by atoms with E-state index in [0.717, 1.165) is 5.56 Å². The molecule has 2 aromatic carbocycles. The molecule has 6 nitrogen and oxygen atoms in total. The number of halogens is 1. The van der Waals surface area contributed by atoms with Gasteiger partial charge < -0.3 is 25.4 Å². The van der Waals surface area contributed by atoms with Gasteiger partial charge in [0.05, 0.1) is 13.2 Å². The summed E-state index contributed by atoms with van der Waals surface area (Å²) in [6.45, 7) is -0.447. The fourth-order valence-corrected chi connectivity index (χ4v) is 2.59. The Bertz CT molecular complexity index is 725. The molecule has 0 spiro atoms. The zero-order valence-corrected chi connectivity index (χ0v) is 14.9. The van der Waals surface area contributed by atoms with Crippen LogP contribution in [0.1, 0.15) is 27.6 Å². The summed E-state index contributed by atoms with van der Waals surface area (Å²) in [5.74, 6) is -0.278. The molecule has 0 aromatic heterocycles. The average Bonchev–Trinajstić information content (AvgIpc) is 2.68. The summed E-state index contributed by atoms with van der Waals surface area (Å²) in [5, 5.41) is 18.5. The molecule has 0 fully saturated rings. The second-order valence-corrected chi connectivity index (χ2v) is 6.07. The summed E-state index contributed by atoms with van der Waals surface area (Å²) in [4.78, 5) is 13.0. The van der Waals surface area contributed by atoms with Gasteiger partial charge in [-0.3, -0.25) is 4.79 Å². The molecule has 0 heterocycles. The molecule has 2 rings (SSSR count). The first-order chi connectivity index (χ1) is 12.6. The predicted molar refractivity (Wildman–Crippen MR) is 97.9 cm³/mol. The van der Waals surface area contributed by atoms with Crippen LogP contribution in [-0.2, 0) is 16.0 Å². The zero-order chi connectivity index (χ0) is 18.9. The maximum Gasteiger partial charge on any atom is 0.196 e. The molecule has 0 amide bonds. The largest absolute Gasteiger partial charge is 0.394 e. The number of hydrogen-bond acceptors (Lipinski definition) is 6.